The molecule has 0 bridgehead atoms. The van der Waals surface area contributed by atoms with E-state index in [2.05, 4.69) is 26.0 Å². The predicted molar refractivity (Wildman–Crippen MR) is 79.0 cm³/mol. The third-order valence-corrected chi connectivity index (χ3v) is 4.61. The first-order chi connectivity index (χ1) is 8.90. The molecule has 5 nitrogen and oxygen atoms in total. The Balaban J connectivity index is 2.80. The first-order valence-electron chi connectivity index (χ1n) is 5.97. The number of ether oxygens (including phenoxy) is 1. The minimum absolute atomic E-state index is 0.0847. The van der Waals surface area contributed by atoms with Gasteiger partial charge in [-0.05, 0) is 47.6 Å². The van der Waals surface area contributed by atoms with Gasteiger partial charge in [-0.3, -0.25) is 0 Å². The van der Waals surface area contributed by atoms with Crippen LogP contribution in [0.4, 0.5) is 0 Å². The van der Waals surface area contributed by atoms with E-state index in [9.17, 15) is 8.42 Å². The van der Waals surface area contributed by atoms with Crippen LogP contribution in [0.3, 0.4) is 0 Å². The number of nitrogens with one attached hydrogen (secondary N) is 2. The Morgan fingerprint density at radius 3 is 2.63 bits per heavy atom. The maximum Gasteiger partial charge on any atom is 0.240 e. The molecule has 0 aromatic heterocycles. The fourth-order valence-electron chi connectivity index (χ4n) is 1.55. The van der Waals surface area contributed by atoms with Gasteiger partial charge in [0.2, 0.25) is 10.0 Å². The van der Waals surface area contributed by atoms with Gasteiger partial charge in [0.25, 0.3) is 0 Å². The van der Waals surface area contributed by atoms with Gasteiger partial charge in [0.05, 0.1) is 16.5 Å². The van der Waals surface area contributed by atoms with Crippen LogP contribution in [0.5, 0.6) is 5.75 Å². The van der Waals surface area contributed by atoms with Gasteiger partial charge >= 0.3 is 0 Å². The van der Waals surface area contributed by atoms with Crippen molar-refractivity contribution in [1.29, 1.82) is 0 Å². The summed E-state index contributed by atoms with van der Waals surface area (Å²) in [6.45, 7) is 5.05. The second-order valence-electron chi connectivity index (χ2n) is 4.11. The van der Waals surface area contributed by atoms with E-state index in [0.29, 0.717) is 16.8 Å². The summed E-state index contributed by atoms with van der Waals surface area (Å²) in [5.41, 5.74) is 0. The number of halogens is 1. The summed E-state index contributed by atoms with van der Waals surface area (Å²) in [6, 6.07) is 4.75. The fraction of sp³-hybridized carbons (Fsp3) is 0.500. The predicted octanol–water partition coefficient (Wildman–Crippen LogP) is 1.73. The minimum Gasteiger partial charge on any atom is -0.496 e. The summed E-state index contributed by atoms with van der Waals surface area (Å²) in [6.07, 6.45) is 0. The highest BCUT2D eigenvalue weighted by Gasteiger charge is 2.16. The van der Waals surface area contributed by atoms with Crippen molar-refractivity contribution < 1.29 is 13.2 Å². The summed E-state index contributed by atoms with van der Waals surface area (Å²) in [5.74, 6) is 0.597. The van der Waals surface area contributed by atoms with Crippen molar-refractivity contribution in [3.63, 3.8) is 0 Å². The average Bonchev–Trinajstić information content (AvgIpc) is 2.37. The van der Waals surface area contributed by atoms with Crippen molar-refractivity contribution >= 4 is 26.0 Å². The average molecular weight is 351 g/mol. The van der Waals surface area contributed by atoms with Gasteiger partial charge in [-0.25, -0.2) is 13.1 Å². The number of benzene rings is 1. The van der Waals surface area contributed by atoms with Crippen LogP contribution in [-0.2, 0) is 10.0 Å². The van der Waals surface area contributed by atoms with Crippen molar-refractivity contribution in [2.45, 2.75) is 24.8 Å². The molecule has 0 fully saturated rings. The molecule has 1 aromatic carbocycles. The molecule has 108 valence electrons. The maximum atomic E-state index is 12.1. The van der Waals surface area contributed by atoms with Crippen molar-refractivity contribution in [1.82, 2.24) is 10.0 Å². The standard InChI is InChI=1S/C12H19BrN2O3S/c1-4-14-9(2)8-15-19(16,17)10-5-6-12(18-3)11(13)7-10/h5-7,9,14-15H,4,8H2,1-3H3/t9-/m1/s1. The van der Waals surface area contributed by atoms with Crippen LogP contribution < -0.4 is 14.8 Å². The van der Waals surface area contributed by atoms with Gasteiger partial charge in [0.15, 0.2) is 0 Å². The highest BCUT2D eigenvalue weighted by atomic mass is 79.9. The molecule has 0 amide bonds. The largest absolute Gasteiger partial charge is 0.496 e. The molecule has 0 spiro atoms. The summed E-state index contributed by atoms with van der Waals surface area (Å²) in [4.78, 5) is 0.212. The SMILES string of the molecule is CCN[C@H](C)CNS(=O)(=O)c1ccc(OC)c(Br)c1. The lowest BCUT2D eigenvalue weighted by atomic mass is 10.3. The second kappa shape index (κ2) is 7.23. The van der Waals surface area contributed by atoms with E-state index in [1.807, 2.05) is 13.8 Å². The van der Waals surface area contributed by atoms with E-state index in [0.717, 1.165) is 6.54 Å². The quantitative estimate of drug-likeness (QED) is 0.785. The van der Waals surface area contributed by atoms with Crippen LogP contribution in [0, 0.1) is 0 Å². The summed E-state index contributed by atoms with van der Waals surface area (Å²) in [7, 11) is -1.96. The molecular weight excluding hydrogens is 332 g/mol. The number of hydrogen-bond acceptors (Lipinski definition) is 4. The van der Waals surface area contributed by atoms with Gasteiger partial charge < -0.3 is 10.1 Å². The molecule has 2 N–H and O–H groups in total. The third-order valence-electron chi connectivity index (χ3n) is 2.57. The van der Waals surface area contributed by atoms with E-state index < -0.39 is 10.0 Å². The number of rotatable bonds is 7. The van der Waals surface area contributed by atoms with E-state index >= 15 is 0 Å². The Hall–Kier alpha value is -0.630. The number of likely N-dealkylation sites (N-methyl/N-ethyl adjacent to an activating group) is 1. The lowest BCUT2D eigenvalue weighted by Crippen LogP contribution is -2.38. The van der Waals surface area contributed by atoms with Crippen molar-refractivity contribution in [3.05, 3.63) is 22.7 Å². The highest BCUT2D eigenvalue weighted by molar-refractivity contribution is 9.10. The zero-order valence-electron chi connectivity index (χ0n) is 11.2. The van der Waals surface area contributed by atoms with Crippen LogP contribution in [0.25, 0.3) is 0 Å². The highest BCUT2D eigenvalue weighted by Crippen LogP contribution is 2.27. The molecule has 0 aliphatic heterocycles. The number of sulfonamides is 1. The third kappa shape index (κ3) is 4.76. The molecule has 0 heterocycles. The van der Waals surface area contributed by atoms with Crippen LogP contribution in [0.2, 0.25) is 0 Å². The fourth-order valence-corrected chi connectivity index (χ4v) is 3.40. The van der Waals surface area contributed by atoms with E-state index in [1.165, 1.54) is 19.2 Å². The van der Waals surface area contributed by atoms with Gasteiger partial charge in [-0.15, -0.1) is 0 Å². The van der Waals surface area contributed by atoms with E-state index in [-0.39, 0.29) is 10.9 Å². The molecule has 0 aliphatic rings. The van der Waals surface area contributed by atoms with E-state index in [4.69, 9.17) is 4.74 Å². The first kappa shape index (κ1) is 16.4. The molecule has 0 radical (unpaired) electrons. The lowest BCUT2D eigenvalue weighted by molar-refractivity contribution is 0.411. The van der Waals surface area contributed by atoms with Crippen LogP contribution in [-0.4, -0.2) is 34.7 Å². The molecule has 19 heavy (non-hydrogen) atoms. The molecule has 7 heteroatoms. The van der Waals surface area contributed by atoms with Crippen LogP contribution >= 0.6 is 15.9 Å². The summed E-state index contributed by atoms with van der Waals surface area (Å²) >= 11 is 3.28. The molecule has 0 saturated carbocycles. The molecule has 1 rings (SSSR count). The maximum absolute atomic E-state index is 12.1. The monoisotopic (exact) mass is 350 g/mol. The summed E-state index contributed by atoms with van der Waals surface area (Å²) < 4.78 is 32.4. The second-order valence-corrected chi connectivity index (χ2v) is 6.73. The zero-order chi connectivity index (χ0) is 14.5. The molecule has 0 saturated heterocycles. The van der Waals surface area contributed by atoms with E-state index in [1.54, 1.807) is 6.07 Å². The normalized spacial score (nSPS) is 13.3. The number of methoxy groups -OCH3 is 1. The zero-order valence-corrected chi connectivity index (χ0v) is 13.6. The Bertz CT molecular complexity index is 520. The van der Waals surface area contributed by atoms with Crippen molar-refractivity contribution in [2.24, 2.45) is 0 Å². The molecule has 0 unspecified atom stereocenters. The summed E-state index contributed by atoms with van der Waals surface area (Å²) in [5, 5.41) is 3.14. The van der Waals surface area contributed by atoms with Gasteiger partial charge in [-0.2, -0.15) is 0 Å². The first-order valence-corrected chi connectivity index (χ1v) is 8.25. The lowest BCUT2D eigenvalue weighted by Gasteiger charge is -2.14. The Labute approximate surface area is 122 Å². The molecule has 1 atom stereocenters. The molecule has 1 aromatic rings. The number of hydrogen-bond donors (Lipinski definition) is 2. The van der Waals surface area contributed by atoms with Gasteiger partial charge in [0, 0.05) is 12.6 Å². The van der Waals surface area contributed by atoms with Crippen molar-refractivity contribution in [3.8, 4) is 5.75 Å². The Kier molecular flexibility index (Phi) is 6.25. The Morgan fingerprint density at radius 2 is 2.11 bits per heavy atom. The smallest absolute Gasteiger partial charge is 0.240 e. The van der Waals surface area contributed by atoms with Gasteiger partial charge in [-0.1, -0.05) is 6.92 Å². The topological polar surface area (TPSA) is 67.4 Å². The van der Waals surface area contributed by atoms with Crippen molar-refractivity contribution in [2.75, 3.05) is 20.2 Å². The Morgan fingerprint density at radius 1 is 1.42 bits per heavy atom. The van der Waals surface area contributed by atoms with Crippen LogP contribution in [0.1, 0.15) is 13.8 Å². The minimum atomic E-state index is -3.50. The molecular formula is C12H19BrN2O3S. The van der Waals surface area contributed by atoms with Gasteiger partial charge in [0.1, 0.15) is 5.75 Å². The molecule has 0 aliphatic carbocycles. The van der Waals surface area contributed by atoms with Crippen LogP contribution in [0.15, 0.2) is 27.6 Å².